The number of amides is 2. The van der Waals surface area contributed by atoms with Crippen molar-refractivity contribution < 1.29 is 9.59 Å². The van der Waals surface area contributed by atoms with Crippen LogP contribution < -0.4 is 5.32 Å². The lowest BCUT2D eigenvalue weighted by Crippen LogP contribution is -2.42. The van der Waals surface area contributed by atoms with Crippen LogP contribution in [0.2, 0.25) is 0 Å². The molecule has 1 N–H and O–H groups in total. The maximum absolute atomic E-state index is 12.7. The smallest absolute Gasteiger partial charge is 0.225 e. The zero-order chi connectivity index (χ0) is 16.9. The molecule has 0 spiro atoms. The Morgan fingerprint density at radius 2 is 2.33 bits per heavy atom. The summed E-state index contributed by atoms with van der Waals surface area (Å²) in [6, 6.07) is 5.79. The molecule has 0 bridgehead atoms. The van der Waals surface area contributed by atoms with Crippen molar-refractivity contribution in [1.29, 1.82) is 0 Å². The minimum atomic E-state index is -0.250. The van der Waals surface area contributed by atoms with E-state index in [1.807, 2.05) is 39.4 Å². The van der Waals surface area contributed by atoms with Gasteiger partial charge in [0.1, 0.15) is 0 Å². The predicted octanol–water partition coefficient (Wildman–Crippen LogP) is 2.38. The van der Waals surface area contributed by atoms with Gasteiger partial charge in [-0.2, -0.15) is 5.10 Å². The van der Waals surface area contributed by atoms with E-state index in [1.54, 1.807) is 17.5 Å². The molecule has 1 aliphatic rings. The topological polar surface area (TPSA) is 67.2 Å². The van der Waals surface area contributed by atoms with Gasteiger partial charge in [-0.05, 0) is 30.4 Å². The highest BCUT2D eigenvalue weighted by atomic mass is 32.1. The van der Waals surface area contributed by atoms with Gasteiger partial charge in [0, 0.05) is 37.3 Å². The molecule has 128 valence electrons. The quantitative estimate of drug-likeness (QED) is 0.904. The fraction of sp³-hybridized carbons (Fsp3) is 0.471. The van der Waals surface area contributed by atoms with Gasteiger partial charge in [-0.1, -0.05) is 6.07 Å². The molecular formula is C17H22N4O2S. The highest BCUT2D eigenvalue weighted by Crippen LogP contribution is 2.26. The van der Waals surface area contributed by atoms with E-state index in [2.05, 4.69) is 10.4 Å². The maximum Gasteiger partial charge on any atom is 0.225 e. The molecule has 3 rings (SSSR count). The molecule has 6 nitrogen and oxygen atoms in total. The zero-order valence-corrected chi connectivity index (χ0v) is 14.5. The summed E-state index contributed by atoms with van der Waals surface area (Å²) in [6.45, 7) is 2.94. The fourth-order valence-corrected chi connectivity index (χ4v) is 3.93. The van der Waals surface area contributed by atoms with Crippen molar-refractivity contribution in [2.45, 2.75) is 38.3 Å². The van der Waals surface area contributed by atoms with Gasteiger partial charge in [0.15, 0.2) is 0 Å². The molecule has 2 atom stereocenters. The first-order chi connectivity index (χ1) is 11.6. The van der Waals surface area contributed by atoms with Crippen molar-refractivity contribution >= 4 is 23.2 Å². The Morgan fingerprint density at radius 3 is 3.00 bits per heavy atom. The molecule has 1 aliphatic heterocycles. The molecule has 2 aromatic rings. The number of aromatic nitrogens is 2. The molecular weight excluding hydrogens is 324 g/mol. The average molecular weight is 346 g/mol. The predicted molar refractivity (Wildman–Crippen MR) is 92.6 cm³/mol. The van der Waals surface area contributed by atoms with Gasteiger partial charge in [-0.25, -0.2) is 0 Å². The molecule has 7 heteroatoms. The summed E-state index contributed by atoms with van der Waals surface area (Å²) in [6.07, 6.45) is 6.02. The van der Waals surface area contributed by atoms with Gasteiger partial charge in [-0.3, -0.25) is 14.3 Å². The lowest BCUT2D eigenvalue weighted by Gasteiger charge is -2.33. The molecule has 0 radical (unpaired) electrons. The van der Waals surface area contributed by atoms with Crippen LogP contribution in [0.15, 0.2) is 36.0 Å². The first kappa shape index (κ1) is 16.7. The van der Waals surface area contributed by atoms with E-state index < -0.39 is 0 Å². The molecule has 24 heavy (non-hydrogen) atoms. The number of carbonyl (C=O) groups excluding carboxylic acids is 2. The van der Waals surface area contributed by atoms with Crippen molar-refractivity contribution in [1.82, 2.24) is 20.0 Å². The SMILES string of the molecule is CC(=O)N[C@H](CC(=O)N1CCC[C@@H](n2cccn2)C1)c1cccs1. The summed E-state index contributed by atoms with van der Waals surface area (Å²) in [7, 11) is 0. The molecule has 0 aromatic carbocycles. The second-order valence-electron chi connectivity index (χ2n) is 6.09. The second kappa shape index (κ2) is 7.61. The van der Waals surface area contributed by atoms with Gasteiger partial charge in [0.2, 0.25) is 11.8 Å². The molecule has 0 aliphatic carbocycles. The highest BCUT2D eigenvalue weighted by Gasteiger charge is 2.27. The third-order valence-electron chi connectivity index (χ3n) is 4.29. The van der Waals surface area contributed by atoms with Crippen LogP contribution in [0.1, 0.15) is 43.1 Å². The standard InChI is InChI=1S/C17H22N4O2S/c1-13(22)19-15(16-6-3-10-24-16)11-17(23)20-8-2-5-14(12-20)21-9-4-7-18-21/h3-4,6-7,9-10,14-15H,2,5,8,11-12H2,1H3,(H,19,22)/t14-,15-/m1/s1. The van der Waals surface area contributed by atoms with Crippen LogP contribution in [-0.2, 0) is 9.59 Å². The van der Waals surface area contributed by atoms with E-state index in [-0.39, 0.29) is 23.9 Å². The van der Waals surface area contributed by atoms with Crippen molar-refractivity contribution in [3.05, 3.63) is 40.8 Å². The Bertz CT molecular complexity index is 669. The van der Waals surface area contributed by atoms with E-state index >= 15 is 0 Å². The first-order valence-electron chi connectivity index (χ1n) is 8.21. The summed E-state index contributed by atoms with van der Waals surface area (Å²) < 4.78 is 1.93. The lowest BCUT2D eigenvalue weighted by molar-refractivity contribution is -0.133. The molecule has 2 aromatic heterocycles. The van der Waals surface area contributed by atoms with Crippen LogP contribution in [0.5, 0.6) is 0 Å². The normalized spacial score (nSPS) is 19.0. The van der Waals surface area contributed by atoms with Crippen LogP contribution in [-0.4, -0.2) is 39.6 Å². The minimum Gasteiger partial charge on any atom is -0.348 e. The molecule has 1 saturated heterocycles. The monoisotopic (exact) mass is 346 g/mol. The third kappa shape index (κ3) is 4.03. The molecule has 3 heterocycles. The number of rotatable bonds is 5. The van der Waals surface area contributed by atoms with Crippen molar-refractivity contribution in [3.63, 3.8) is 0 Å². The Kier molecular flexibility index (Phi) is 5.30. The lowest BCUT2D eigenvalue weighted by atomic mass is 10.0. The van der Waals surface area contributed by atoms with Gasteiger partial charge in [0.25, 0.3) is 0 Å². The van der Waals surface area contributed by atoms with Crippen molar-refractivity contribution in [2.24, 2.45) is 0 Å². The van der Waals surface area contributed by atoms with Crippen LogP contribution in [0.4, 0.5) is 0 Å². The largest absolute Gasteiger partial charge is 0.348 e. The Balaban J connectivity index is 1.65. The second-order valence-corrected chi connectivity index (χ2v) is 7.07. The third-order valence-corrected chi connectivity index (χ3v) is 5.28. The Labute approximate surface area is 145 Å². The summed E-state index contributed by atoms with van der Waals surface area (Å²) >= 11 is 1.56. The first-order valence-corrected chi connectivity index (χ1v) is 9.09. The number of hydrogen-bond donors (Lipinski definition) is 1. The fourth-order valence-electron chi connectivity index (χ4n) is 3.16. The Hall–Kier alpha value is -2.15. The molecule has 2 amide bonds. The van der Waals surface area contributed by atoms with E-state index in [9.17, 15) is 9.59 Å². The van der Waals surface area contributed by atoms with E-state index in [0.29, 0.717) is 13.0 Å². The van der Waals surface area contributed by atoms with E-state index in [1.165, 1.54) is 6.92 Å². The summed E-state index contributed by atoms with van der Waals surface area (Å²) in [5, 5.41) is 9.16. The minimum absolute atomic E-state index is 0.0824. The van der Waals surface area contributed by atoms with Crippen LogP contribution in [0, 0.1) is 0 Å². The molecule has 0 unspecified atom stereocenters. The maximum atomic E-state index is 12.7. The molecule has 1 fully saturated rings. The summed E-state index contributed by atoms with van der Waals surface area (Å²) in [5.74, 6) is -0.0340. The van der Waals surface area contributed by atoms with Crippen molar-refractivity contribution in [2.75, 3.05) is 13.1 Å². The number of nitrogens with one attached hydrogen (secondary N) is 1. The Morgan fingerprint density at radius 1 is 1.46 bits per heavy atom. The highest BCUT2D eigenvalue weighted by molar-refractivity contribution is 7.10. The van der Waals surface area contributed by atoms with Crippen LogP contribution >= 0.6 is 11.3 Å². The molecule has 0 saturated carbocycles. The van der Waals surface area contributed by atoms with Crippen molar-refractivity contribution in [3.8, 4) is 0 Å². The number of piperidine rings is 1. The average Bonchev–Trinajstić information content (AvgIpc) is 3.27. The van der Waals surface area contributed by atoms with Gasteiger partial charge in [-0.15, -0.1) is 11.3 Å². The number of likely N-dealkylation sites (tertiary alicyclic amines) is 1. The number of hydrogen-bond acceptors (Lipinski definition) is 4. The number of thiophene rings is 1. The van der Waals surface area contributed by atoms with Gasteiger partial charge in [0.05, 0.1) is 18.5 Å². The van der Waals surface area contributed by atoms with Crippen LogP contribution in [0.3, 0.4) is 0 Å². The summed E-state index contributed by atoms with van der Waals surface area (Å²) in [5.41, 5.74) is 0. The van der Waals surface area contributed by atoms with E-state index in [4.69, 9.17) is 0 Å². The summed E-state index contributed by atoms with van der Waals surface area (Å²) in [4.78, 5) is 27.1. The van der Waals surface area contributed by atoms with Crippen LogP contribution in [0.25, 0.3) is 0 Å². The van der Waals surface area contributed by atoms with E-state index in [0.717, 1.165) is 24.3 Å². The zero-order valence-electron chi connectivity index (χ0n) is 13.7. The number of nitrogens with zero attached hydrogens (tertiary/aromatic N) is 3. The van der Waals surface area contributed by atoms with Gasteiger partial charge >= 0.3 is 0 Å². The number of carbonyl (C=O) groups is 2. The van der Waals surface area contributed by atoms with Gasteiger partial charge < -0.3 is 10.2 Å².